The van der Waals surface area contributed by atoms with E-state index in [-0.39, 0.29) is 12.6 Å². The SMILES string of the molecule is CCOC(=O)[C@](C)(CO)CC1=CC[C@H]2C[C@@H]1C2(C)C. The summed E-state index contributed by atoms with van der Waals surface area (Å²) in [6, 6.07) is 0. The highest BCUT2D eigenvalue weighted by Crippen LogP contribution is 2.60. The molecular formula is C16H26O3. The lowest BCUT2D eigenvalue weighted by Gasteiger charge is -2.57. The Hall–Kier alpha value is -0.830. The van der Waals surface area contributed by atoms with Gasteiger partial charge in [0.05, 0.1) is 18.6 Å². The number of hydrogen-bond acceptors (Lipinski definition) is 3. The van der Waals surface area contributed by atoms with Crippen LogP contribution in [0.3, 0.4) is 0 Å². The van der Waals surface area contributed by atoms with Crippen molar-refractivity contribution in [1.29, 1.82) is 0 Å². The molecule has 2 bridgehead atoms. The maximum atomic E-state index is 12.0. The maximum Gasteiger partial charge on any atom is 0.314 e. The molecule has 0 aliphatic heterocycles. The Morgan fingerprint density at radius 1 is 1.58 bits per heavy atom. The van der Waals surface area contributed by atoms with Crippen LogP contribution in [0.15, 0.2) is 11.6 Å². The van der Waals surface area contributed by atoms with E-state index >= 15 is 0 Å². The first-order valence-electron chi connectivity index (χ1n) is 7.32. The van der Waals surface area contributed by atoms with Gasteiger partial charge in [-0.2, -0.15) is 0 Å². The van der Waals surface area contributed by atoms with Gasteiger partial charge in [0.1, 0.15) is 0 Å². The summed E-state index contributed by atoms with van der Waals surface area (Å²) in [6.07, 6.45) is 5.27. The largest absolute Gasteiger partial charge is 0.465 e. The van der Waals surface area contributed by atoms with Gasteiger partial charge in [0, 0.05) is 0 Å². The summed E-state index contributed by atoms with van der Waals surface area (Å²) in [5, 5.41) is 9.61. The smallest absolute Gasteiger partial charge is 0.314 e. The van der Waals surface area contributed by atoms with Crippen molar-refractivity contribution in [2.45, 2.75) is 47.0 Å². The van der Waals surface area contributed by atoms with Crippen LogP contribution in [0.2, 0.25) is 0 Å². The van der Waals surface area contributed by atoms with Crippen molar-refractivity contribution < 1.29 is 14.6 Å². The van der Waals surface area contributed by atoms with Crippen LogP contribution in [0.1, 0.15) is 47.0 Å². The molecule has 3 aliphatic carbocycles. The number of hydrogen-bond donors (Lipinski definition) is 1. The fraction of sp³-hybridized carbons (Fsp3) is 0.812. The Kier molecular flexibility index (Phi) is 3.78. The number of aliphatic hydroxyl groups excluding tert-OH is 1. The Labute approximate surface area is 116 Å². The van der Waals surface area contributed by atoms with Crippen LogP contribution in [0.5, 0.6) is 0 Å². The molecule has 0 unspecified atom stereocenters. The van der Waals surface area contributed by atoms with E-state index in [1.54, 1.807) is 6.92 Å². The molecule has 108 valence electrons. The molecule has 3 atom stereocenters. The standard InChI is InChI=1S/C16H26O3/c1-5-19-14(18)16(4,10-17)9-11-6-7-12-8-13(11)15(12,2)3/h6,12-13,17H,5,7-10H2,1-4H3/t12-,13-,16-/m0/s1. The molecule has 1 saturated carbocycles. The average molecular weight is 266 g/mol. The number of esters is 1. The summed E-state index contributed by atoms with van der Waals surface area (Å²) in [6.45, 7) is 8.46. The highest BCUT2D eigenvalue weighted by molar-refractivity contribution is 5.77. The van der Waals surface area contributed by atoms with Gasteiger partial charge in [-0.15, -0.1) is 0 Å². The highest BCUT2D eigenvalue weighted by Gasteiger charge is 2.52. The third-order valence-corrected chi connectivity index (χ3v) is 5.29. The van der Waals surface area contributed by atoms with Crippen LogP contribution >= 0.6 is 0 Å². The molecule has 19 heavy (non-hydrogen) atoms. The molecule has 3 nitrogen and oxygen atoms in total. The third kappa shape index (κ3) is 2.33. The normalized spacial score (nSPS) is 30.9. The Morgan fingerprint density at radius 2 is 2.26 bits per heavy atom. The lowest BCUT2D eigenvalue weighted by atomic mass is 9.48. The molecule has 0 heterocycles. The Morgan fingerprint density at radius 3 is 2.74 bits per heavy atom. The van der Waals surface area contributed by atoms with E-state index < -0.39 is 5.41 Å². The van der Waals surface area contributed by atoms with Crippen molar-refractivity contribution >= 4 is 5.97 Å². The van der Waals surface area contributed by atoms with Crippen molar-refractivity contribution in [3.63, 3.8) is 0 Å². The summed E-state index contributed by atoms with van der Waals surface area (Å²) in [5.41, 5.74) is 0.909. The van der Waals surface area contributed by atoms with E-state index in [1.807, 2.05) is 6.92 Å². The van der Waals surface area contributed by atoms with E-state index in [0.717, 1.165) is 12.3 Å². The minimum atomic E-state index is -0.791. The second kappa shape index (κ2) is 4.93. The zero-order valence-electron chi connectivity index (χ0n) is 12.5. The van der Waals surface area contributed by atoms with E-state index in [0.29, 0.717) is 24.4 Å². The van der Waals surface area contributed by atoms with Gasteiger partial charge in [0.15, 0.2) is 0 Å². The Balaban J connectivity index is 2.11. The zero-order chi connectivity index (χ0) is 14.3. The van der Waals surface area contributed by atoms with Gasteiger partial charge < -0.3 is 9.84 Å². The molecule has 0 aromatic carbocycles. The van der Waals surface area contributed by atoms with Crippen LogP contribution in [-0.4, -0.2) is 24.3 Å². The quantitative estimate of drug-likeness (QED) is 0.615. The lowest BCUT2D eigenvalue weighted by Crippen LogP contribution is -2.49. The monoisotopic (exact) mass is 266 g/mol. The van der Waals surface area contributed by atoms with Crippen molar-refractivity contribution in [2.24, 2.45) is 22.7 Å². The summed E-state index contributed by atoms with van der Waals surface area (Å²) in [7, 11) is 0. The van der Waals surface area contributed by atoms with Gasteiger partial charge in [-0.3, -0.25) is 4.79 Å². The summed E-state index contributed by atoms with van der Waals surface area (Å²) in [5.74, 6) is 1.09. The lowest BCUT2D eigenvalue weighted by molar-refractivity contribution is -0.157. The molecule has 1 N–H and O–H groups in total. The maximum absolute atomic E-state index is 12.0. The molecule has 0 spiro atoms. The van der Waals surface area contributed by atoms with Gasteiger partial charge in [0.25, 0.3) is 0 Å². The number of ether oxygens (including phenoxy) is 1. The first kappa shape index (κ1) is 14.6. The van der Waals surface area contributed by atoms with Crippen LogP contribution < -0.4 is 0 Å². The van der Waals surface area contributed by atoms with Gasteiger partial charge in [-0.25, -0.2) is 0 Å². The molecule has 0 saturated heterocycles. The molecule has 0 radical (unpaired) electrons. The van der Waals surface area contributed by atoms with Crippen molar-refractivity contribution in [3.05, 3.63) is 11.6 Å². The fourth-order valence-electron chi connectivity index (χ4n) is 3.62. The predicted octanol–water partition coefficient (Wildman–Crippen LogP) is 2.93. The first-order chi connectivity index (χ1) is 8.85. The number of carbonyl (C=O) groups is 1. The summed E-state index contributed by atoms with van der Waals surface area (Å²) in [4.78, 5) is 12.0. The van der Waals surface area contributed by atoms with Crippen molar-refractivity contribution in [1.82, 2.24) is 0 Å². The van der Waals surface area contributed by atoms with Gasteiger partial charge >= 0.3 is 5.97 Å². The minimum Gasteiger partial charge on any atom is -0.465 e. The molecular weight excluding hydrogens is 240 g/mol. The van der Waals surface area contributed by atoms with Crippen molar-refractivity contribution in [2.75, 3.05) is 13.2 Å². The van der Waals surface area contributed by atoms with Gasteiger partial charge in [0.2, 0.25) is 0 Å². The number of rotatable bonds is 5. The number of aliphatic hydroxyl groups is 1. The van der Waals surface area contributed by atoms with Crippen molar-refractivity contribution in [3.8, 4) is 0 Å². The molecule has 0 amide bonds. The topological polar surface area (TPSA) is 46.5 Å². The predicted molar refractivity (Wildman–Crippen MR) is 74.5 cm³/mol. The van der Waals surface area contributed by atoms with E-state index in [4.69, 9.17) is 4.74 Å². The summed E-state index contributed by atoms with van der Waals surface area (Å²) < 4.78 is 5.11. The van der Waals surface area contributed by atoms with Gasteiger partial charge in [-0.1, -0.05) is 25.5 Å². The van der Waals surface area contributed by atoms with E-state index in [9.17, 15) is 9.90 Å². The number of allylic oxidation sites excluding steroid dienone is 2. The molecule has 0 aromatic heterocycles. The van der Waals surface area contributed by atoms with Crippen LogP contribution in [-0.2, 0) is 9.53 Å². The summed E-state index contributed by atoms with van der Waals surface area (Å²) >= 11 is 0. The second-order valence-electron chi connectivity index (χ2n) is 6.94. The molecule has 3 heteroatoms. The molecule has 3 rings (SSSR count). The third-order valence-electron chi connectivity index (χ3n) is 5.29. The average Bonchev–Trinajstić information content (AvgIpc) is 2.38. The molecule has 0 aromatic rings. The van der Waals surface area contributed by atoms with Gasteiger partial charge in [-0.05, 0) is 50.4 Å². The zero-order valence-corrected chi connectivity index (χ0v) is 12.5. The first-order valence-corrected chi connectivity index (χ1v) is 7.32. The minimum absolute atomic E-state index is 0.153. The fourth-order valence-corrected chi connectivity index (χ4v) is 3.62. The molecule has 3 aliphatic rings. The second-order valence-corrected chi connectivity index (χ2v) is 6.94. The Bertz CT molecular complexity index is 397. The number of fused-ring (bicyclic) bond motifs is 1. The van der Waals surface area contributed by atoms with E-state index in [1.165, 1.54) is 12.0 Å². The van der Waals surface area contributed by atoms with Crippen LogP contribution in [0, 0.1) is 22.7 Å². The highest BCUT2D eigenvalue weighted by atomic mass is 16.5. The van der Waals surface area contributed by atoms with E-state index in [2.05, 4.69) is 19.9 Å². The number of carbonyl (C=O) groups excluding carboxylic acids is 1. The molecule has 1 fully saturated rings. The van der Waals surface area contributed by atoms with Crippen LogP contribution in [0.25, 0.3) is 0 Å². The van der Waals surface area contributed by atoms with Crippen LogP contribution in [0.4, 0.5) is 0 Å².